The van der Waals surface area contributed by atoms with Crippen LogP contribution in [0.4, 0.5) is 6.01 Å². The molecule has 1 aliphatic heterocycles. The van der Waals surface area contributed by atoms with Gasteiger partial charge in [-0.15, -0.1) is 0 Å². The zero-order valence-corrected chi connectivity index (χ0v) is 21.4. The highest BCUT2D eigenvalue weighted by Gasteiger charge is 2.40. The average Bonchev–Trinajstić information content (AvgIpc) is 3.34. The van der Waals surface area contributed by atoms with Crippen LogP contribution in [-0.4, -0.2) is 22.1 Å². The van der Waals surface area contributed by atoms with Crippen molar-refractivity contribution in [2.45, 2.75) is 12.8 Å². The van der Waals surface area contributed by atoms with E-state index >= 15 is 0 Å². The molecule has 0 saturated heterocycles. The Balaban J connectivity index is 1.92. The number of hydrogen-bond acceptors (Lipinski definition) is 7. The smallest absolute Gasteiger partial charge is 0.362 e. The zero-order chi connectivity index (χ0) is 25.7. The Labute approximate surface area is 223 Å². The molecule has 5 rings (SSSR count). The third-order valence-corrected chi connectivity index (χ3v) is 6.64. The summed E-state index contributed by atoms with van der Waals surface area (Å²) < 4.78 is 17.9. The van der Waals surface area contributed by atoms with E-state index in [-0.39, 0.29) is 45.7 Å². The van der Waals surface area contributed by atoms with E-state index in [1.165, 1.54) is 22.8 Å². The van der Waals surface area contributed by atoms with E-state index in [1.807, 2.05) is 0 Å². The topological polar surface area (TPSA) is 113 Å². The van der Waals surface area contributed by atoms with Crippen LogP contribution < -0.4 is 22.3 Å². The molecule has 0 aliphatic carbocycles. The number of nitrogens with two attached hydrogens (primary N) is 1. The Morgan fingerprint density at radius 2 is 1.81 bits per heavy atom. The molecule has 2 N–H and O–H groups in total. The van der Waals surface area contributed by atoms with E-state index in [2.05, 4.69) is 4.98 Å². The van der Waals surface area contributed by atoms with Crippen LogP contribution in [0.15, 0.2) is 50.0 Å². The number of ether oxygens (including phenoxy) is 1. The first-order valence-electron chi connectivity index (χ1n) is 10.5. The van der Waals surface area contributed by atoms with Gasteiger partial charge in [0.2, 0.25) is 11.4 Å². The van der Waals surface area contributed by atoms with Gasteiger partial charge in [0.05, 0.1) is 12.5 Å². The molecule has 1 aliphatic rings. The summed E-state index contributed by atoms with van der Waals surface area (Å²) in [5.74, 6) is -1.59. The second kappa shape index (κ2) is 9.37. The summed E-state index contributed by atoms with van der Waals surface area (Å²) in [5.41, 5.74) is 6.20. The van der Waals surface area contributed by atoms with Gasteiger partial charge in [0.1, 0.15) is 16.6 Å². The average molecular weight is 567 g/mol. The maximum absolute atomic E-state index is 13.3. The van der Waals surface area contributed by atoms with Gasteiger partial charge in [-0.05, 0) is 48.4 Å². The minimum atomic E-state index is -0.928. The van der Waals surface area contributed by atoms with Gasteiger partial charge in [-0.3, -0.25) is 0 Å². The molecule has 36 heavy (non-hydrogen) atoms. The molecule has 0 bridgehead atoms. The van der Waals surface area contributed by atoms with Gasteiger partial charge in [-0.25, -0.2) is 14.2 Å². The summed E-state index contributed by atoms with van der Waals surface area (Å²) in [4.78, 5) is 30.7. The highest BCUT2D eigenvalue weighted by Crippen LogP contribution is 2.41. The van der Waals surface area contributed by atoms with Crippen molar-refractivity contribution in [1.29, 1.82) is 0 Å². The van der Waals surface area contributed by atoms with E-state index in [9.17, 15) is 9.59 Å². The molecule has 0 radical (unpaired) electrons. The Morgan fingerprint density at radius 1 is 1.11 bits per heavy atom. The van der Waals surface area contributed by atoms with Gasteiger partial charge in [0.15, 0.2) is 0 Å². The summed E-state index contributed by atoms with van der Waals surface area (Å²) in [7, 11) is 0. The molecule has 0 fully saturated rings. The third-order valence-electron chi connectivity index (χ3n) is 5.51. The summed E-state index contributed by atoms with van der Waals surface area (Å²) in [6, 6.07) is 9.37. The van der Waals surface area contributed by atoms with Crippen molar-refractivity contribution in [1.82, 2.24) is 9.55 Å². The van der Waals surface area contributed by atoms with Gasteiger partial charge in [0.25, 0.3) is 6.01 Å². The van der Waals surface area contributed by atoms with Crippen molar-refractivity contribution in [3.63, 3.8) is 0 Å². The van der Waals surface area contributed by atoms with Crippen LogP contribution in [0.5, 0.6) is 0 Å². The molecular formula is C24H15Cl4N3O5. The minimum absolute atomic E-state index is 0.00840. The number of rotatable bonds is 4. The summed E-state index contributed by atoms with van der Waals surface area (Å²) in [6.45, 7) is 1.73. The van der Waals surface area contributed by atoms with E-state index in [4.69, 9.17) is 65.7 Å². The molecule has 1 atom stereocenters. The lowest BCUT2D eigenvalue weighted by atomic mass is 9.87. The molecule has 0 spiro atoms. The van der Waals surface area contributed by atoms with Crippen molar-refractivity contribution in [2.75, 3.05) is 12.3 Å². The number of benzene rings is 2. The van der Waals surface area contributed by atoms with Crippen LogP contribution in [0.2, 0.25) is 20.1 Å². The van der Waals surface area contributed by atoms with E-state index in [0.29, 0.717) is 26.2 Å². The lowest BCUT2D eigenvalue weighted by molar-refractivity contribution is -0.136. The molecule has 2 aromatic heterocycles. The molecule has 2 aromatic carbocycles. The second-order valence-corrected chi connectivity index (χ2v) is 9.39. The number of hydrogen-bond donors (Lipinski definition) is 1. The Kier molecular flexibility index (Phi) is 6.38. The number of aromatic nitrogens is 2. The van der Waals surface area contributed by atoms with Crippen molar-refractivity contribution in [2.24, 2.45) is 0 Å². The Hall–Kier alpha value is -3.17. The van der Waals surface area contributed by atoms with E-state index in [0.717, 1.165) is 0 Å². The summed E-state index contributed by atoms with van der Waals surface area (Å²) in [6.07, 6.45) is 1.48. The zero-order valence-electron chi connectivity index (χ0n) is 18.4. The number of carbonyl (C=O) groups excluding carboxylic acids is 1. The largest absolute Gasteiger partial charge is 0.462 e. The van der Waals surface area contributed by atoms with Crippen molar-refractivity contribution in [3.8, 4) is 5.88 Å². The molecule has 12 heteroatoms. The lowest BCUT2D eigenvalue weighted by Crippen LogP contribution is -2.37. The van der Waals surface area contributed by atoms with Gasteiger partial charge in [-0.2, -0.15) is 4.98 Å². The van der Waals surface area contributed by atoms with Crippen molar-refractivity contribution < 1.29 is 18.4 Å². The van der Waals surface area contributed by atoms with E-state index in [1.54, 1.807) is 31.2 Å². The second-order valence-electron chi connectivity index (χ2n) is 7.70. The molecule has 8 nitrogen and oxygen atoms in total. The Bertz CT molecular complexity index is 1720. The standard InChI is InChI=1S/C24H15Cl4N3O5/c1-2-34-23(33)18-17(13-6-5-12(26)9-15(13)28)19-21(36-24(29)30-19)31-16(22(32)35-20(18)31)7-10-3-4-11(25)8-14(10)27/h3-9,17H,2H2,1H3,(H2,29,30)/b16-7+. The van der Waals surface area contributed by atoms with Crippen LogP contribution in [0.25, 0.3) is 17.5 Å². The maximum atomic E-state index is 13.3. The number of halogens is 4. The van der Waals surface area contributed by atoms with Crippen LogP contribution in [0.3, 0.4) is 0 Å². The minimum Gasteiger partial charge on any atom is -0.462 e. The summed E-state index contributed by atoms with van der Waals surface area (Å²) in [5, 5.41) is 1.38. The monoisotopic (exact) mass is 565 g/mol. The number of oxazole rings is 2. The highest BCUT2D eigenvalue weighted by atomic mass is 35.5. The Morgan fingerprint density at radius 3 is 2.47 bits per heavy atom. The fraction of sp³-hybridized carbons (Fsp3) is 0.125. The first kappa shape index (κ1) is 24.5. The first-order chi connectivity index (χ1) is 17.2. The number of fused-ring (bicyclic) bond motifs is 3. The third kappa shape index (κ3) is 4.10. The van der Waals surface area contributed by atoms with E-state index < -0.39 is 17.5 Å². The molecule has 4 aromatic rings. The van der Waals surface area contributed by atoms with Crippen molar-refractivity contribution >= 4 is 70.0 Å². The molecular weight excluding hydrogens is 552 g/mol. The summed E-state index contributed by atoms with van der Waals surface area (Å²) >= 11 is 24.9. The molecule has 184 valence electrons. The van der Waals surface area contributed by atoms with Crippen LogP contribution in [0.1, 0.15) is 29.7 Å². The molecule has 3 heterocycles. The number of nitrogen functional groups attached to an aromatic ring is 1. The maximum Gasteiger partial charge on any atom is 0.362 e. The lowest BCUT2D eigenvalue weighted by Gasteiger charge is -2.22. The van der Waals surface area contributed by atoms with Crippen molar-refractivity contribution in [3.05, 3.63) is 94.6 Å². The molecule has 0 saturated carbocycles. The molecule has 1 unspecified atom stereocenters. The van der Waals surface area contributed by atoms with Gasteiger partial charge >= 0.3 is 11.6 Å². The quantitative estimate of drug-likeness (QED) is 0.366. The highest BCUT2D eigenvalue weighted by molar-refractivity contribution is 6.36. The number of esters is 1. The van der Waals surface area contributed by atoms with Gasteiger partial charge in [0, 0.05) is 20.1 Å². The number of carbonyl (C=O) groups is 1. The number of nitrogens with zero attached hydrogens (tertiary/aromatic N) is 2. The van der Waals surface area contributed by atoms with Gasteiger partial charge in [-0.1, -0.05) is 58.5 Å². The SMILES string of the molecule is CCOC(=O)C1=c2oc(=O)/c(=C\c3ccc(Cl)cc3Cl)n2-c2oc(N)nc2C1c1ccc(Cl)cc1Cl. The predicted octanol–water partition coefficient (Wildman–Crippen LogP) is 4.30. The number of anilines is 1. The first-order valence-corrected chi connectivity index (χ1v) is 12.0. The predicted molar refractivity (Wildman–Crippen MR) is 136 cm³/mol. The molecule has 0 amide bonds. The van der Waals surface area contributed by atoms with Crippen LogP contribution in [-0.2, 0) is 9.53 Å². The van der Waals surface area contributed by atoms with Crippen LogP contribution >= 0.6 is 46.4 Å². The normalized spacial score (nSPS) is 15.1. The fourth-order valence-electron chi connectivity index (χ4n) is 4.05. The fourth-order valence-corrected chi connectivity index (χ4v) is 5.03. The van der Waals surface area contributed by atoms with Gasteiger partial charge < -0.3 is 19.3 Å². The van der Waals surface area contributed by atoms with Crippen LogP contribution in [0, 0.1) is 0 Å².